The van der Waals surface area contributed by atoms with Gasteiger partial charge in [-0.2, -0.15) is 5.10 Å². The van der Waals surface area contributed by atoms with Crippen molar-refractivity contribution < 1.29 is 0 Å². The van der Waals surface area contributed by atoms with Gasteiger partial charge in [-0.25, -0.2) is 10.1 Å². The van der Waals surface area contributed by atoms with E-state index in [-0.39, 0.29) is 5.56 Å². The van der Waals surface area contributed by atoms with Gasteiger partial charge in [0.2, 0.25) is 0 Å². The minimum atomic E-state index is -0.291. The van der Waals surface area contributed by atoms with Crippen LogP contribution in [0.1, 0.15) is 0 Å². The Morgan fingerprint density at radius 3 is 2.82 bits per heavy atom. The van der Waals surface area contributed by atoms with Gasteiger partial charge in [-0.05, 0) is 24.3 Å². The molecule has 3 aromatic heterocycles. The number of hydrogen-bond donors (Lipinski definition) is 1. The third-order valence-electron chi connectivity index (χ3n) is 2.44. The number of aromatic nitrogens is 4. The zero-order valence-electron chi connectivity index (χ0n) is 8.79. The maximum absolute atomic E-state index is 11.6. The van der Waals surface area contributed by atoms with E-state index < -0.39 is 0 Å². The molecule has 0 amide bonds. The molecule has 5 nitrogen and oxygen atoms in total. The molecule has 0 spiro atoms. The number of fused-ring (bicyclic) bond motifs is 1. The van der Waals surface area contributed by atoms with E-state index in [4.69, 9.17) is 0 Å². The summed E-state index contributed by atoms with van der Waals surface area (Å²) in [7, 11) is 0. The molecule has 17 heavy (non-hydrogen) atoms. The Morgan fingerprint density at radius 2 is 2.00 bits per heavy atom. The predicted octanol–water partition coefficient (Wildman–Crippen LogP) is 1.38. The molecule has 0 atom stereocenters. The van der Waals surface area contributed by atoms with E-state index in [1.165, 1.54) is 0 Å². The summed E-state index contributed by atoms with van der Waals surface area (Å²) in [6.07, 6.45) is 3.27. The van der Waals surface area contributed by atoms with Crippen molar-refractivity contribution in [1.82, 2.24) is 20.2 Å². The molecule has 0 aliphatic heterocycles. The molecule has 0 radical (unpaired) electrons. The predicted molar refractivity (Wildman–Crippen MR) is 63.4 cm³/mol. The zero-order valence-corrected chi connectivity index (χ0v) is 8.79. The Hall–Kier alpha value is -2.56. The summed E-state index contributed by atoms with van der Waals surface area (Å²) in [6.45, 7) is 0. The van der Waals surface area contributed by atoms with Gasteiger partial charge in [0.15, 0.2) is 0 Å². The van der Waals surface area contributed by atoms with Crippen LogP contribution in [-0.2, 0) is 0 Å². The van der Waals surface area contributed by atoms with Crippen molar-refractivity contribution in [2.24, 2.45) is 0 Å². The summed E-state index contributed by atoms with van der Waals surface area (Å²) in [5.74, 6) is 0. The Kier molecular flexibility index (Phi) is 2.15. The maximum Gasteiger partial charge on any atom is 0.290 e. The molecule has 1 N–H and O–H groups in total. The van der Waals surface area contributed by atoms with Crippen LogP contribution in [0, 0.1) is 0 Å². The molecule has 82 valence electrons. The highest BCUT2D eigenvalue weighted by atomic mass is 16.1. The molecule has 0 bridgehead atoms. The largest absolute Gasteiger partial charge is 0.290 e. The first-order chi connectivity index (χ1) is 8.34. The smallest absolute Gasteiger partial charge is 0.266 e. The number of pyridine rings is 2. The Bertz CT molecular complexity index is 721. The molecule has 0 unspecified atom stereocenters. The lowest BCUT2D eigenvalue weighted by molar-refractivity contribution is 1.00. The second kappa shape index (κ2) is 3.79. The molecule has 0 fully saturated rings. The normalized spacial score (nSPS) is 10.6. The van der Waals surface area contributed by atoms with Crippen molar-refractivity contribution in [3.8, 4) is 11.4 Å². The van der Waals surface area contributed by atoms with Crippen LogP contribution < -0.4 is 5.56 Å². The molecule has 0 aromatic carbocycles. The van der Waals surface area contributed by atoms with Gasteiger partial charge in [0.25, 0.3) is 5.56 Å². The van der Waals surface area contributed by atoms with E-state index in [1.54, 1.807) is 12.4 Å². The number of nitrogens with one attached hydrogen (secondary N) is 1. The molecule has 5 heteroatoms. The highest BCUT2D eigenvalue weighted by molar-refractivity contribution is 5.79. The SMILES string of the molecule is O=c1[nH]ncc2ccc(-c3ccccn3)nc12. The molecule has 3 rings (SSSR count). The van der Waals surface area contributed by atoms with E-state index in [9.17, 15) is 4.79 Å². The standard InChI is InChI=1S/C12H8N4O/c17-12-11-8(7-14-16-12)4-5-10(15-11)9-3-1-2-6-13-9/h1-7H,(H,16,17). The monoisotopic (exact) mass is 224 g/mol. The van der Waals surface area contributed by atoms with Gasteiger partial charge >= 0.3 is 0 Å². The maximum atomic E-state index is 11.6. The fourth-order valence-corrected chi connectivity index (χ4v) is 1.63. The van der Waals surface area contributed by atoms with E-state index in [1.807, 2.05) is 30.3 Å². The number of nitrogens with zero attached hydrogens (tertiary/aromatic N) is 3. The average molecular weight is 224 g/mol. The second-order valence-electron chi connectivity index (χ2n) is 3.55. The van der Waals surface area contributed by atoms with Crippen LogP contribution in [0.25, 0.3) is 22.3 Å². The van der Waals surface area contributed by atoms with Gasteiger partial charge in [0.05, 0.1) is 17.6 Å². The minimum Gasteiger partial charge on any atom is -0.266 e. The van der Waals surface area contributed by atoms with Crippen LogP contribution in [0.15, 0.2) is 47.5 Å². The van der Waals surface area contributed by atoms with E-state index in [0.29, 0.717) is 16.6 Å². The molecule has 0 saturated carbocycles. The molecular formula is C12H8N4O. The van der Waals surface area contributed by atoms with Crippen LogP contribution in [0.3, 0.4) is 0 Å². The Balaban J connectivity index is 2.27. The quantitative estimate of drug-likeness (QED) is 0.677. The lowest BCUT2D eigenvalue weighted by atomic mass is 10.2. The Morgan fingerprint density at radius 1 is 1.06 bits per heavy atom. The van der Waals surface area contributed by atoms with Crippen molar-refractivity contribution in [2.45, 2.75) is 0 Å². The number of H-pyrrole nitrogens is 1. The second-order valence-corrected chi connectivity index (χ2v) is 3.55. The number of rotatable bonds is 1. The summed E-state index contributed by atoms with van der Waals surface area (Å²) in [5.41, 5.74) is 1.50. The Labute approximate surface area is 96.2 Å². The van der Waals surface area contributed by atoms with Crippen molar-refractivity contribution in [2.75, 3.05) is 0 Å². The van der Waals surface area contributed by atoms with Crippen LogP contribution in [0.4, 0.5) is 0 Å². The highest BCUT2D eigenvalue weighted by Crippen LogP contribution is 2.15. The van der Waals surface area contributed by atoms with Crippen molar-refractivity contribution >= 4 is 10.9 Å². The number of aromatic amines is 1. The average Bonchev–Trinajstić information content (AvgIpc) is 2.40. The fraction of sp³-hybridized carbons (Fsp3) is 0. The van der Waals surface area contributed by atoms with Gasteiger partial charge < -0.3 is 0 Å². The molecule has 3 heterocycles. The third kappa shape index (κ3) is 1.67. The lowest BCUT2D eigenvalue weighted by Gasteiger charge is -2.00. The van der Waals surface area contributed by atoms with Crippen LogP contribution in [0.5, 0.6) is 0 Å². The van der Waals surface area contributed by atoms with Crippen molar-refractivity contribution in [3.63, 3.8) is 0 Å². The van der Waals surface area contributed by atoms with Crippen LogP contribution >= 0.6 is 0 Å². The van der Waals surface area contributed by atoms with Gasteiger partial charge in [-0.3, -0.25) is 9.78 Å². The first kappa shape index (κ1) is 9.65. The first-order valence-electron chi connectivity index (χ1n) is 5.10. The topological polar surface area (TPSA) is 71.5 Å². The lowest BCUT2D eigenvalue weighted by Crippen LogP contribution is -2.09. The van der Waals surface area contributed by atoms with Gasteiger partial charge in [0, 0.05) is 11.6 Å². The summed E-state index contributed by atoms with van der Waals surface area (Å²) in [6, 6.07) is 9.20. The van der Waals surface area contributed by atoms with Gasteiger partial charge in [0.1, 0.15) is 5.52 Å². The van der Waals surface area contributed by atoms with Crippen molar-refractivity contribution in [1.29, 1.82) is 0 Å². The summed E-state index contributed by atoms with van der Waals surface area (Å²) in [5, 5.41) is 6.80. The minimum absolute atomic E-state index is 0.291. The molecule has 0 saturated heterocycles. The van der Waals surface area contributed by atoms with Gasteiger partial charge in [-0.15, -0.1) is 0 Å². The van der Waals surface area contributed by atoms with Crippen LogP contribution in [0.2, 0.25) is 0 Å². The first-order valence-corrected chi connectivity index (χ1v) is 5.10. The molecule has 3 aromatic rings. The molecule has 0 aliphatic rings. The fourth-order valence-electron chi connectivity index (χ4n) is 1.63. The summed E-state index contributed by atoms with van der Waals surface area (Å²) >= 11 is 0. The third-order valence-corrected chi connectivity index (χ3v) is 2.44. The molecular weight excluding hydrogens is 216 g/mol. The van der Waals surface area contributed by atoms with E-state index >= 15 is 0 Å². The molecule has 0 aliphatic carbocycles. The highest BCUT2D eigenvalue weighted by Gasteiger charge is 2.04. The number of hydrogen-bond acceptors (Lipinski definition) is 4. The summed E-state index contributed by atoms with van der Waals surface area (Å²) < 4.78 is 0. The van der Waals surface area contributed by atoms with E-state index in [2.05, 4.69) is 20.2 Å². The summed E-state index contributed by atoms with van der Waals surface area (Å²) in [4.78, 5) is 20.1. The van der Waals surface area contributed by atoms with E-state index in [0.717, 1.165) is 5.69 Å². The zero-order chi connectivity index (χ0) is 11.7. The van der Waals surface area contributed by atoms with Crippen molar-refractivity contribution in [3.05, 3.63) is 53.1 Å². The van der Waals surface area contributed by atoms with Crippen LogP contribution in [-0.4, -0.2) is 20.2 Å². The van der Waals surface area contributed by atoms with Gasteiger partial charge in [-0.1, -0.05) is 6.07 Å².